The Labute approximate surface area is 583 Å². The fraction of sp³-hybridized carbons (Fsp3) is 0.397. The molecule has 6 aromatic carbocycles. The molecule has 536 valence electrons. The van der Waals surface area contributed by atoms with Gasteiger partial charge in [-0.05, 0) is 119 Å². The van der Waals surface area contributed by atoms with Gasteiger partial charge in [0, 0.05) is 52.2 Å². The summed E-state index contributed by atoms with van der Waals surface area (Å²) in [6.07, 6.45) is 0.843. The highest BCUT2D eigenvalue weighted by molar-refractivity contribution is 6.00. The number of likely N-dealkylation sites (tertiary alicyclic amines) is 2. The molecule has 8 rings (SSSR count). The molecule has 16 N–H and O–H groups in total. The number of nitrogens with two attached hydrogens (primary N) is 3. The van der Waals surface area contributed by atoms with Crippen molar-refractivity contribution in [2.75, 3.05) is 32.8 Å². The van der Waals surface area contributed by atoms with Gasteiger partial charge in [-0.15, -0.1) is 0 Å². The summed E-state index contributed by atoms with van der Waals surface area (Å²) in [5.41, 5.74) is 18.4. The lowest BCUT2D eigenvalue weighted by Gasteiger charge is -2.30. The highest BCUT2D eigenvalue weighted by Gasteiger charge is 2.41. The highest BCUT2D eigenvalue weighted by atomic mass is 19.1. The summed E-state index contributed by atoms with van der Waals surface area (Å²) in [5.74, 6) is -9.69. The minimum absolute atomic E-state index is 0.0141. The molecule has 0 bridgehead atoms. The van der Waals surface area contributed by atoms with Crippen LogP contribution in [0.1, 0.15) is 88.0 Å². The molecule has 0 spiro atoms. The first-order valence-electron chi connectivity index (χ1n) is 33.7. The van der Waals surface area contributed by atoms with Gasteiger partial charge in [-0.3, -0.25) is 57.7 Å². The SMILES string of the molecule is CC(=O)N1CCC[C@H]1C(=O)N[C@H](Cc1ccc(F)cc1)C(=O)N[C@H](Cc1ccc2ccccc2c1)C(=O)N[C@@H](CO)C(=O)N[C@@H](Cc1ccc(O)cc1)C(=O)N[C@@H](Cc1ccc2ccccc2c1)C(=O)N[C@@H](CC(C)C)C(=O)N[C@@H](CCCN=C(N)N)C(=O)N1CCC[C@H]1C(=O)NCC(N)=O. The number of carbonyl (C=O) groups is 11. The Hall–Kier alpha value is -11.0. The van der Waals surface area contributed by atoms with E-state index >= 15 is 9.59 Å². The molecule has 6 aromatic rings. The van der Waals surface area contributed by atoms with Crippen LogP contribution < -0.4 is 59.7 Å². The van der Waals surface area contributed by atoms with Gasteiger partial charge in [0.2, 0.25) is 65.0 Å². The lowest BCUT2D eigenvalue weighted by Crippen LogP contribution is -2.61. The molecule has 0 radical (unpaired) electrons. The molecule has 2 fully saturated rings. The Morgan fingerprint density at radius 1 is 0.515 bits per heavy atom. The second-order valence-corrected chi connectivity index (χ2v) is 25.9. The van der Waals surface area contributed by atoms with E-state index in [9.17, 15) is 57.8 Å². The first-order chi connectivity index (χ1) is 48.3. The zero-order chi connectivity index (χ0) is 72.9. The molecule has 101 heavy (non-hydrogen) atoms. The van der Waals surface area contributed by atoms with Crippen LogP contribution in [0.4, 0.5) is 4.39 Å². The zero-order valence-corrected chi connectivity index (χ0v) is 56.6. The fourth-order valence-corrected chi connectivity index (χ4v) is 12.5. The number of aliphatic hydroxyl groups is 1. The van der Waals surface area contributed by atoms with Gasteiger partial charge in [-0.25, -0.2) is 4.39 Å². The maximum absolute atomic E-state index is 15.2. The Morgan fingerprint density at radius 2 is 0.931 bits per heavy atom. The standard InChI is InChI=1S/C73H89FN14O13/c1-42(2)33-55(64(93)80-54(15-8-30-78-73(76)77)72(101)88-32-10-16-61(88)70(99)79-40-63(75)92)81-67(96)58(38-46-18-24-48-11-4-6-13-50(48)34-46)82-65(94)56(37-45-22-28-53(91)29-23-45)84-69(98)60(41-89)86-68(97)59(39-47-19-25-49-12-5-7-14-51(49)35-47)83-66(95)57(36-44-20-26-52(74)27-21-44)85-71(100)62-17-9-31-87(62)43(3)90/h4-7,11-14,18-29,34-35,42,54-62,89,91H,8-10,15-17,30-33,36-41H2,1-3H3,(H2,75,92)(H,79,99)(H,80,93)(H,81,96)(H,82,94)(H,83,95)(H,84,98)(H,85,100)(H,86,97)(H4,76,77,78)/t54-,55-,56-,57+,58-,59+,60-,61-,62-/m0/s1. The number of rotatable bonds is 33. The number of benzene rings is 6. The number of carbonyl (C=O) groups excluding carboxylic acids is 11. The van der Waals surface area contributed by atoms with E-state index in [0.717, 1.165) is 21.5 Å². The molecular formula is C73H89FN14O13. The number of halogens is 1. The number of hydrogen-bond donors (Lipinski definition) is 13. The predicted molar refractivity (Wildman–Crippen MR) is 375 cm³/mol. The van der Waals surface area contributed by atoms with Gasteiger partial charge in [-0.2, -0.15) is 0 Å². The molecule has 11 amide bonds. The van der Waals surface area contributed by atoms with Crippen molar-refractivity contribution in [3.05, 3.63) is 162 Å². The molecule has 2 heterocycles. The number of hydrogen-bond acceptors (Lipinski definition) is 14. The number of nitrogens with one attached hydrogen (secondary N) is 8. The second-order valence-electron chi connectivity index (χ2n) is 25.9. The van der Waals surface area contributed by atoms with Crippen LogP contribution in [-0.4, -0.2) is 178 Å². The van der Waals surface area contributed by atoms with Crippen LogP contribution in [0.15, 0.2) is 138 Å². The summed E-state index contributed by atoms with van der Waals surface area (Å²) in [7, 11) is 0. The lowest BCUT2D eigenvalue weighted by atomic mass is 9.98. The highest BCUT2D eigenvalue weighted by Crippen LogP contribution is 2.24. The quantitative estimate of drug-likeness (QED) is 0.0156. The number of phenols is 1. The van der Waals surface area contributed by atoms with Crippen LogP contribution >= 0.6 is 0 Å². The van der Waals surface area contributed by atoms with E-state index in [4.69, 9.17) is 17.2 Å². The molecule has 28 heteroatoms. The van der Waals surface area contributed by atoms with Gasteiger partial charge < -0.3 is 79.7 Å². The Kier molecular flexibility index (Phi) is 27.1. The van der Waals surface area contributed by atoms with E-state index < -0.39 is 132 Å². The number of phenolic OH excluding ortho intramolecular Hbond substituents is 1. The number of fused-ring (bicyclic) bond motifs is 2. The van der Waals surface area contributed by atoms with Crippen molar-refractivity contribution in [1.29, 1.82) is 0 Å². The van der Waals surface area contributed by atoms with Gasteiger partial charge in [0.1, 0.15) is 65.9 Å². The van der Waals surface area contributed by atoms with Gasteiger partial charge >= 0.3 is 0 Å². The van der Waals surface area contributed by atoms with Crippen molar-refractivity contribution in [1.82, 2.24) is 52.3 Å². The fourth-order valence-electron chi connectivity index (χ4n) is 12.5. The maximum Gasteiger partial charge on any atom is 0.245 e. The molecule has 0 saturated carbocycles. The average Bonchev–Trinajstić information content (AvgIpc) is 1.82. The third-order valence-corrected chi connectivity index (χ3v) is 17.7. The third-order valence-electron chi connectivity index (χ3n) is 17.7. The van der Waals surface area contributed by atoms with Crippen LogP contribution in [0.2, 0.25) is 0 Å². The monoisotopic (exact) mass is 1390 g/mol. The van der Waals surface area contributed by atoms with Crippen molar-refractivity contribution >= 4 is 92.5 Å². The number of aliphatic hydroxyl groups excluding tert-OH is 1. The topological polar surface area (TPSA) is 421 Å². The smallest absolute Gasteiger partial charge is 0.245 e. The largest absolute Gasteiger partial charge is 0.508 e. The van der Waals surface area contributed by atoms with Crippen molar-refractivity contribution in [2.24, 2.45) is 28.1 Å². The first-order valence-corrected chi connectivity index (χ1v) is 33.7. The van der Waals surface area contributed by atoms with E-state index in [2.05, 4.69) is 47.5 Å². The Balaban J connectivity index is 1.07. The third kappa shape index (κ3) is 22.0. The second kappa shape index (κ2) is 36.2. The minimum Gasteiger partial charge on any atom is -0.508 e. The summed E-state index contributed by atoms with van der Waals surface area (Å²) >= 11 is 0. The molecule has 2 saturated heterocycles. The summed E-state index contributed by atoms with van der Waals surface area (Å²) in [5, 5.41) is 46.1. The van der Waals surface area contributed by atoms with Gasteiger partial charge in [0.25, 0.3) is 0 Å². The molecule has 0 unspecified atom stereocenters. The summed E-state index contributed by atoms with van der Waals surface area (Å²) in [6, 6.07) is 24.1. The number of nitrogens with zero attached hydrogens (tertiary/aromatic N) is 3. The van der Waals surface area contributed by atoms with Gasteiger partial charge in [0.05, 0.1) is 13.2 Å². The van der Waals surface area contributed by atoms with Crippen LogP contribution in [0.25, 0.3) is 21.5 Å². The molecular weight excluding hydrogens is 1300 g/mol. The minimum atomic E-state index is -1.83. The molecule has 9 atom stereocenters. The van der Waals surface area contributed by atoms with Gasteiger partial charge in [-0.1, -0.05) is 123 Å². The number of guanidine groups is 1. The molecule has 0 aromatic heterocycles. The lowest BCUT2D eigenvalue weighted by molar-refractivity contribution is -0.142. The van der Waals surface area contributed by atoms with Crippen molar-refractivity contribution in [3.63, 3.8) is 0 Å². The van der Waals surface area contributed by atoms with E-state index in [1.807, 2.05) is 66.7 Å². The van der Waals surface area contributed by atoms with Crippen LogP contribution in [0, 0.1) is 11.7 Å². The number of amides is 11. The summed E-state index contributed by atoms with van der Waals surface area (Å²) in [6.45, 7) is 3.94. The number of aromatic hydroxyl groups is 1. The predicted octanol–water partition coefficient (Wildman–Crippen LogP) is 1.20. The van der Waals surface area contributed by atoms with E-state index in [-0.39, 0.29) is 88.0 Å². The zero-order valence-electron chi connectivity index (χ0n) is 56.6. The molecule has 27 nitrogen and oxygen atoms in total. The van der Waals surface area contributed by atoms with Crippen LogP contribution in [-0.2, 0) is 78.4 Å². The normalized spacial score (nSPS) is 16.3. The van der Waals surface area contributed by atoms with E-state index in [0.29, 0.717) is 48.1 Å². The first kappa shape index (κ1) is 75.7. The van der Waals surface area contributed by atoms with E-state index in [1.165, 1.54) is 65.3 Å². The molecule has 2 aliphatic heterocycles. The van der Waals surface area contributed by atoms with Gasteiger partial charge in [0.15, 0.2) is 5.96 Å². The maximum atomic E-state index is 15.2. The Morgan fingerprint density at radius 3 is 1.42 bits per heavy atom. The van der Waals surface area contributed by atoms with Crippen LogP contribution in [0.3, 0.4) is 0 Å². The van der Waals surface area contributed by atoms with Crippen molar-refractivity contribution in [3.8, 4) is 5.75 Å². The van der Waals surface area contributed by atoms with Crippen LogP contribution in [0.5, 0.6) is 5.75 Å². The molecule has 0 aliphatic carbocycles. The Bertz CT molecular complexity index is 4000. The summed E-state index contributed by atoms with van der Waals surface area (Å²) < 4.78 is 14.2. The van der Waals surface area contributed by atoms with Crippen molar-refractivity contribution < 1.29 is 67.3 Å². The molecule has 2 aliphatic rings. The van der Waals surface area contributed by atoms with Crippen molar-refractivity contribution in [2.45, 2.75) is 146 Å². The average molecular weight is 1390 g/mol. The summed E-state index contributed by atoms with van der Waals surface area (Å²) in [4.78, 5) is 162. The van der Waals surface area contributed by atoms with E-state index in [1.54, 1.807) is 32.0 Å². The number of aliphatic imine (C=N–C) groups is 1. The number of primary amides is 1.